The Bertz CT molecular complexity index is 3700. The molecule has 5 heterocycles. The van der Waals surface area contributed by atoms with Crippen LogP contribution in [0, 0.1) is 0 Å². The maximum absolute atomic E-state index is 6.46. The normalized spacial score (nSPS) is 12.4. The first-order chi connectivity index (χ1) is 27.3. The lowest BCUT2D eigenvalue weighted by atomic mass is 10.00. The number of aromatic nitrogens is 4. The van der Waals surface area contributed by atoms with Crippen molar-refractivity contribution in [1.29, 1.82) is 0 Å². The summed E-state index contributed by atoms with van der Waals surface area (Å²) in [5.41, 5.74) is 12.3. The highest BCUT2D eigenvalue weighted by molar-refractivity contribution is 6.31. The van der Waals surface area contributed by atoms with E-state index in [4.69, 9.17) is 14.4 Å². The van der Waals surface area contributed by atoms with Crippen LogP contribution in [0.2, 0.25) is 0 Å². The van der Waals surface area contributed by atoms with Gasteiger partial charge in [-0.1, -0.05) is 127 Å². The summed E-state index contributed by atoms with van der Waals surface area (Å²) in [5.74, 6) is 0.676. The zero-order valence-corrected chi connectivity index (χ0v) is 29.4. The summed E-state index contributed by atoms with van der Waals surface area (Å²) >= 11 is 0. The van der Waals surface area contributed by atoms with E-state index in [0.717, 1.165) is 39.0 Å². The molecule has 0 aliphatic carbocycles. The lowest BCUT2D eigenvalue weighted by molar-refractivity contribution is 0.667. The minimum absolute atomic E-state index is 0.676. The highest BCUT2D eigenvalue weighted by Gasteiger charge is 2.22. The molecule has 5 aromatic heterocycles. The van der Waals surface area contributed by atoms with E-state index in [1.807, 2.05) is 36.4 Å². The van der Waals surface area contributed by atoms with Gasteiger partial charge in [0.2, 0.25) is 0 Å². The van der Waals surface area contributed by atoms with Crippen LogP contribution in [0.4, 0.5) is 0 Å². The molecule has 0 aliphatic rings. The molecule has 0 fully saturated rings. The summed E-state index contributed by atoms with van der Waals surface area (Å²) in [7, 11) is 0. The Morgan fingerprint density at radius 3 is 1.89 bits per heavy atom. The average molecular weight is 701 g/mol. The second-order valence-electron chi connectivity index (χ2n) is 14.5. The smallest absolute Gasteiger partial charge is 0.180 e. The molecule has 8 aromatic carbocycles. The van der Waals surface area contributed by atoms with Gasteiger partial charge < -0.3 is 13.4 Å². The van der Waals surface area contributed by atoms with Gasteiger partial charge in [-0.25, -0.2) is 9.97 Å². The van der Waals surface area contributed by atoms with Crippen molar-refractivity contribution in [2.45, 2.75) is 0 Å². The molecule has 5 nitrogen and oxygen atoms in total. The third-order valence-corrected chi connectivity index (χ3v) is 11.7. The second-order valence-corrected chi connectivity index (χ2v) is 14.5. The van der Waals surface area contributed by atoms with Crippen molar-refractivity contribution in [3.63, 3.8) is 0 Å². The van der Waals surface area contributed by atoms with Crippen LogP contribution in [0.25, 0.3) is 121 Å². The van der Waals surface area contributed by atoms with Crippen molar-refractivity contribution in [3.8, 4) is 28.3 Å². The standard InChI is InChI=1S/C50H28N4O/c1-2-11-30(12-3-1)50-51-45(49-46(52-50)38-15-6-9-20-43(38)55-49)29-21-23-31(24-22-29)53-40-18-7-4-14-33(40)36-26-25-34-37(47(36)53)27-28-42-44(34)39-17-10-16-35-32-13-5-8-19-41(32)54(42)48(35)39/h1-28H. The monoisotopic (exact) mass is 700 g/mol. The third kappa shape index (κ3) is 3.81. The molecule has 0 N–H and O–H groups in total. The Labute approximate surface area is 313 Å². The van der Waals surface area contributed by atoms with Gasteiger partial charge in [0.15, 0.2) is 11.4 Å². The maximum Gasteiger partial charge on any atom is 0.180 e. The Morgan fingerprint density at radius 1 is 0.400 bits per heavy atom. The van der Waals surface area contributed by atoms with Gasteiger partial charge in [-0.15, -0.1) is 0 Å². The van der Waals surface area contributed by atoms with E-state index in [1.54, 1.807) is 0 Å². The molecule has 5 heteroatoms. The topological polar surface area (TPSA) is 48.3 Å². The molecule has 0 atom stereocenters. The Kier molecular flexibility index (Phi) is 5.57. The van der Waals surface area contributed by atoms with Crippen molar-refractivity contribution >= 4 is 92.7 Å². The molecule has 0 spiro atoms. The van der Waals surface area contributed by atoms with Crippen molar-refractivity contribution in [2.75, 3.05) is 0 Å². The lowest BCUT2D eigenvalue weighted by Crippen LogP contribution is -1.96. The minimum Gasteiger partial charge on any atom is -0.452 e. The number of hydrogen-bond acceptors (Lipinski definition) is 3. The first-order valence-electron chi connectivity index (χ1n) is 18.7. The molecular formula is C50H28N4O. The number of hydrogen-bond donors (Lipinski definition) is 0. The molecule has 0 saturated heterocycles. The molecule has 0 saturated carbocycles. The summed E-state index contributed by atoms with van der Waals surface area (Å²) in [4.78, 5) is 10.2. The van der Waals surface area contributed by atoms with Crippen LogP contribution in [0.1, 0.15) is 0 Å². The largest absolute Gasteiger partial charge is 0.452 e. The summed E-state index contributed by atoms with van der Waals surface area (Å²) in [6.45, 7) is 0. The van der Waals surface area contributed by atoms with Gasteiger partial charge in [-0.05, 0) is 47.9 Å². The van der Waals surface area contributed by atoms with E-state index >= 15 is 0 Å². The first-order valence-corrected chi connectivity index (χ1v) is 18.7. The Morgan fingerprint density at radius 2 is 1.04 bits per heavy atom. The van der Waals surface area contributed by atoms with Gasteiger partial charge in [0.05, 0.1) is 27.6 Å². The third-order valence-electron chi connectivity index (χ3n) is 11.7. The van der Waals surface area contributed by atoms with Crippen LogP contribution < -0.4 is 0 Å². The van der Waals surface area contributed by atoms with Crippen molar-refractivity contribution in [3.05, 3.63) is 170 Å². The molecule has 13 aromatic rings. The molecule has 0 amide bonds. The molecule has 13 rings (SSSR count). The fourth-order valence-electron chi connectivity index (χ4n) is 9.33. The number of benzene rings is 8. The fourth-order valence-corrected chi connectivity index (χ4v) is 9.33. The number of para-hydroxylation sites is 4. The second kappa shape index (κ2) is 10.6. The first kappa shape index (κ1) is 29.0. The van der Waals surface area contributed by atoms with Crippen LogP contribution in [0.15, 0.2) is 174 Å². The Balaban J connectivity index is 1.06. The van der Waals surface area contributed by atoms with Crippen molar-refractivity contribution in [1.82, 2.24) is 18.9 Å². The molecule has 0 aliphatic heterocycles. The van der Waals surface area contributed by atoms with Crippen molar-refractivity contribution < 1.29 is 4.42 Å². The van der Waals surface area contributed by atoms with E-state index < -0.39 is 0 Å². The van der Waals surface area contributed by atoms with E-state index in [1.165, 1.54) is 70.7 Å². The van der Waals surface area contributed by atoms with Crippen LogP contribution in [0.3, 0.4) is 0 Å². The summed E-state index contributed by atoms with van der Waals surface area (Å²) in [6, 6.07) is 60.6. The molecular weight excluding hydrogens is 673 g/mol. The number of fused-ring (bicyclic) bond motifs is 15. The molecule has 0 bridgehead atoms. The van der Waals surface area contributed by atoms with Crippen LogP contribution in [-0.2, 0) is 0 Å². The highest BCUT2D eigenvalue weighted by atomic mass is 16.3. The van der Waals surface area contributed by atoms with Gasteiger partial charge in [0.1, 0.15) is 16.8 Å². The summed E-state index contributed by atoms with van der Waals surface area (Å²) in [5, 5.41) is 11.1. The minimum atomic E-state index is 0.676. The fraction of sp³-hybridized carbons (Fsp3) is 0. The maximum atomic E-state index is 6.46. The molecule has 0 unspecified atom stereocenters. The number of furan rings is 1. The predicted molar refractivity (Wildman–Crippen MR) is 227 cm³/mol. The average Bonchev–Trinajstić information content (AvgIpc) is 4.00. The van der Waals surface area contributed by atoms with Crippen molar-refractivity contribution in [2.24, 2.45) is 0 Å². The van der Waals surface area contributed by atoms with Gasteiger partial charge in [0, 0.05) is 59.9 Å². The van der Waals surface area contributed by atoms with Gasteiger partial charge in [-0.2, -0.15) is 0 Å². The summed E-state index contributed by atoms with van der Waals surface area (Å²) in [6.07, 6.45) is 0. The van der Waals surface area contributed by atoms with Crippen LogP contribution in [0.5, 0.6) is 0 Å². The zero-order valence-electron chi connectivity index (χ0n) is 29.4. The summed E-state index contributed by atoms with van der Waals surface area (Å²) < 4.78 is 11.4. The Hall–Kier alpha value is -7.50. The quantitative estimate of drug-likeness (QED) is 0.184. The van der Waals surface area contributed by atoms with Gasteiger partial charge in [0.25, 0.3) is 0 Å². The van der Waals surface area contributed by atoms with Gasteiger partial charge >= 0.3 is 0 Å². The number of rotatable bonds is 3. The number of nitrogens with zero attached hydrogens (tertiary/aromatic N) is 4. The van der Waals surface area contributed by atoms with Gasteiger partial charge in [-0.3, -0.25) is 0 Å². The molecule has 254 valence electrons. The predicted octanol–water partition coefficient (Wildman–Crippen LogP) is 13.1. The van der Waals surface area contributed by atoms with E-state index in [0.29, 0.717) is 11.4 Å². The SMILES string of the molecule is c1ccc(-c2nc(-c3ccc(-n4c5ccccc5c5ccc6c(ccc7c6c6cccc8c9ccccc9n7c86)c54)cc3)c3oc4ccccc4c3n2)cc1. The van der Waals surface area contributed by atoms with E-state index in [-0.39, 0.29) is 0 Å². The zero-order chi connectivity index (χ0) is 35.8. The molecule has 0 radical (unpaired) electrons. The molecule has 55 heavy (non-hydrogen) atoms. The van der Waals surface area contributed by atoms with Crippen LogP contribution >= 0.6 is 0 Å². The highest BCUT2D eigenvalue weighted by Crippen LogP contribution is 2.45. The van der Waals surface area contributed by atoms with E-state index in [9.17, 15) is 0 Å². The lowest BCUT2D eigenvalue weighted by Gasteiger charge is -2.12. The van der Waals surface area contributed by atoms with E-state index in [2.05, 4.69) is 142 Å². The van der Waals surface area contributed by atoms with Crippen LogP contribution in [-0.4, -0.2) is 18.9 Å².